The van der Waals surface area contributed by atoms with Gasteiger partial charge < -0.3 is 89.0 Å². The summed E-state index contributed by atoms with van der Waals surface area (Å²) in [5.41, 5.74) is -0.219. The third kappa shape index (κ3) is 8.49. The minimum Gasteiger partial charge on any atom is -0.394 e. The van der Waals surface area contributed by atoms with Gasteiger partial charge in [0, 0.05) is 19.4 Å². The van der Waals surface area contributed by atoms with Gasteiger partial charge in [-0.25, -0.2) is 0 Å². The topological polar surface area (TPSA) is 276 Å². The Morgan fingerprint density at radius 3 is 2.14 bits per heavy atom. The molecular weight excluding hydrogens is 828 g/mol. The molecule has 0 spiro atoms. The Hall–Kier alpha value is -0.720. The molecule has 4 saturated heterocycles. The molecule has 4 aliphatic heterocycles. The summed E-state index contributed by atoms with van der Waals surface area (Å²) in [5, 5.41) is 105. The summed E-state index contributed by atoms with van der Waals surface area (Å²) in [4.78, 5) is 0. The van der Waals surface area contributed by atoms with Crippen LogP contribution in [0.25, 0.3) is 0 Å². The molecule has 0 radical (unpaired) electrons. The van der Waals surface area contributed by atoms with Crippen molar-refractivity contribution in [1.29, 1.82) is 0 Å². The zero-order chi connectivity index (χ0) is 45.5. The Kier molecular flexibility index (Phi) is 14.4. The third-order valence-corrected chi connectivity index (χ3v) is 17.9. The summed E-state index contributed by atoms with van der Waals surface area (Å²) in [6, 6.07) is 0. The fourth-order valence-electron chi connectivity index (χ4n) is 14.2. The largest absolute Gasteiger partial charge is 0.394 e. The van der Waals surface area contributed by atoms with Gasteiger partial charge in [0.1, 0.15) is 61.0 Å². The average molecular weight is 905 g/mol. The Morgan fingerprint density at radius 2 is 1.43 bits per heavy atom. The summed E-state index contributed by atoms with van der Waals surface area (Å²) in [6.45, 7) is 10.1. The van der Waals surface area contributed by atoms with Gasteiger partial charge >= 0.3 is 0 Å². The fourth-order valence-corrected chi connectivity index (χ4v) is 14.2. The lowest BCUT2D eigenvalue weighted by atomic mass is 9.43. The van der Waals surface area contributed by atoms with Crippen LogP contribution in [0.15, 0.2) is 0 Å². The van der Waals surface area contributed by atoms with Crippen LogP contribution in [-0.4, -0.2) is 188 Å². The van der Waals surface area contributed by atoms with Gasteiger partial charge in [-0.1, -0.05) is 27.7 Å². The summed E-state index contributed by atoms with van der Waals surface area (Å²) < 4.78 is 49.2. The van der Waals surface area contributed by atoms with E-state index in [0.717, 1.165) is 25.7 Å². The van der Waals surface area contributed by atoms with Gasteiger partial charge in [-0.2, -0.15) is 0 Å². The summed E-state index contributed by atoms with van der Waals surface area (Å²) >= 11 is 0. The van der Waals surface area contributed by atoms with E-state index in [2.05, 4.69) is 20.8 Å². The quantitative estimate of drug-likeness (QED) is 0.111. The Balaban J connectivity index is 0.954. The van der Waals surface area contributed by atoms with E-state index in [0.29, 0.717) is 43.9 Å². The Labute approximate surface area is 370 Å². The van der Waals surface area contributed by atoms with Crippen LogP contribution in [-0.2, 0) is 37.9 Å². The van der Waals surface area contributed by atoms with Gasteiger partial charge in [0.2, 0.25) is 0 Å². The molecule has 0 bridgehead atoms. The van der Waals surface area contributed by atoms with Crippen LogP contribution in [0.2, 0.25) is 0 Å². The normalized spacial score (nSPS) is 56.3. The highest BCUT2D eigenvalue weighted by Gasteiger charge is 2.70. The zero-order valence-corrected chi connectivity index (χ0v) is 37.6. The molecule has 4 heterocycles. The van der Waals surface area contributed by atoms with Crippen LogP contribution >= 0.6 is 0 Å². The number of hydrogen-bond donors (Lipinski definition) is 10. The van der Waals surface area contributed by atoms with E-state index < -0.39 is 111 Å². The standard InChI is InChI=1S/C45H76O18/c1-19(17-57-40-37(54)35(52)34(51)30(16-46)61-40)7-12-45(56-6)20(2)31-29(63-45)15-25-23-14-28(26-13-22(47)8-10-43(26,4)24(23)9-11-44(25,31)5)60-42-38(55)39(32(49)21(3)59-42)62-41-36(53)33(50)27(48)18-58-41/h19-42,46-55H,7-18H2,1-6H3/t19-,20+,21-,22+,23-,24+,25+,26-,27-,28+,29+,30-,31+,32-,33+,34-,35+,36-,37-,38-,39+,40-,41+,42+,43-,44+,45-/m1/s1. The predicted octanol–water partition coefficient (Wildman–Crippen LogP) is -0.488. The van der Waals surface area contributed by atoms with E-state index in [1.807, 2.05) is 6.92 Å². The van der Waals surface area contributed by atoms with Crippen molar-refractivity contribution >= 4 is 0 Å². The van der Waals surface area contributed by atoms with Crippen molar-refractivity contribution in [2.45, 2.75) is 203 Å². The van der Waals surface area contributed by atoms with E-state index >= 15 is 0 Å². The van der Waals surface area contributed by atoms with E-state index in [-0.39, 0.29) is 59.7 Å². The van der Waals surface area contributed by atoms with Crippen LogP contribution < -0.4 is 0 Å². The third-order valence-electron chi connectivity index (χ3n) is 17.9. The average Bonchev–Trinajstić information content (AvgIpc) is 3.72. The molecule has 364 valence electrons. The number of aliphatic hydroxyl groups excluding tert-OH is 10. The highest BCUT2D eigenvalue weighted by atomic mass is 16.7. The smallest absolute Gasteiger partial charge is 0.186 e. The zero-order valence-electron chi connectivity index (χ0n) is 37.6. The van der Waals surface area contributed by atoms with Crippen LogP contribution in [0.5, 0.6) is 0 Å². The number of rotatable bonds is 12. The molecule has 0 aromatic heterocycles. The highest BCUT2D eigenvalue weighted by Crippen LogP contribution is 2.71. The molecule has 0 aromatic rings. The number of ether oxygens (including phenoxy) is 8. The van der Waals surface area contributed by atoms with Crippen molar-refractivity contribution < 1.29 is 89.0 Å². The maximum absolute atomic E-state index is 11.7. The van der Waals surface area contributed by atoms with Gasteiger partial charge in [0.05, 0.1) is 44.2 Å². The second kappa shape index (κ2) is 18.6. The second-order valence-electron chi connectivity index (χ2n) is 21.3. The lowest BCUT2D eigenvalue weighted by Gasteiger charge is -2.63. The Morgan fingerprint density at radius 1 is 0.714 bits per heavy atom. The summed E-state index contributed by atoms with van der Waals surface area (Å²) in [7, 11) is 1.71. The van der Waals surface area contributed by atoms with Crippen LogP contribution in [0.3, 0.4) is 0 Å². The van der Waals surface area contributed by atoms with Crippen molar-refractivity contribution in [2.75, 3.05) is 26.9 Å². The monoisotopic (exact) mass is 905 g/mol. The predicted molar refractivity (Wildman–Crippen MR) is 218 cm³/mol. The number of fused-ring (bicyclic) bond motifs is 7. The Bertz CT molecular complexity index is 1540. The van der Waals surface area contributed by atoms with Gasteiger partial charge in [-0.15, -0.1) is 0 Å². The maximum atomic E-state index is 11.7. The lowest BCUT2D eigenvalue weighted by molar-refractivity contribution is -0.357. The highest BCUT2D eigenvalue weighted by molar-refractivity contribution is 5.16. The van der Waals surface area contributed by atoms with Crippen LogP contribution in [0.4, 0.5) is 0 Å². The van der Waals surface area contributed by atoms with E-state index in [1.165, 1.54) is 0 Å². The molecule has 18 nitrogen and oxygen atoms in total. The van der Waals surface area contributed by atoms with Crippen molar-refractivity contribution in [2.24, 2.45) is 52.3 Å². The molecule has 4 saturated carbocycles. The van der Waals surface area contributed by atoms with Crippen molar-refractivity contribution in [1.82, 2.24) is 0 Å². The lowest BCUT2D eigenvalue weighted by Crippen LogP contribution is -2.64. The van der Waals surface area contributed by atoms with E-state index in [4.69, 9.17) is 37.9 Å². The fraction of sp³-hybridized carbons (Fsp3) is 1.00. The van der Waals surface area contributed by atoms with Crippen molar-refractivity contribution in [3.05, 3.63) is 0 Å². The van der Waals surface area contributed by atoms with Gasteiger partial charge in [-0.05, 0) is 105 Å². The molecule has 18 heteroatoms. The van der Waals surface area contributed by atoms with Gasteiger partial charge in [0.15, 0.2) is 24.7 Å². The molecule has 63 heavy (non-hydrogen) atoms. The molecule has 27 atom stereocenters. The van der Waals surface area contributed by atoms with E-state index in [1.54, 1.807) is 14.0 Å². The molecule has 8 aliphatic rings. The number of methoxy groups -OCH3 is 1. The van der Waals surface area contributed by atoms with E-state index in [9.17, 15) is 51.1 Å². The first-order valence-electron chi connectivity index (χ1n) is 23.6. The minimum absolute atomic E-state index is 0.00450. The molecule has 8 rings (SSSR count). The molecular formula is C45H76O18. The first-order chi connectivity index (χ1) is 29.8. The molecule has 0 unspecified atom stereocenters. The summed E-state index contributed by atoms with van der Waals surface area (Å²) in [6.07, 6.45) is -12.6. The van der Waals surface area contributed by atoms with Crippen molar-refractivity contribution in [3.63, 3.8) is 0 Å². The van der Waals surface area contributed by atoms with Crippen molar-refractivity contribution in [3.8, 4) is 0 Å². The van der Waals surface area contributed by atoms with Crippen LogP contribution in [0.1, 0.15) is 92.4 Å². The molecule has 0 aromatic carbocycles. The summed E-state index contributed by atoms with van der Waals surface area (Å²) in [5.74, 6) is 0.402. The number of aliphatic hydroxyl groups is 10. The SMILES string of the molecule is CO[C@]1(CC[C@@H](C)CO[C@@H]2O[C@H](CO)[C@@H](O)[C@H](O)[C@H]2O)O[C@H]2C[C@H]3[C@@H]4C[C@H](O[C@@H]5O[C@H](C)[C@@H](O)[C@H](O[C@@H]6OC[C@@H](O)[C@H](O)[C@H]6O)[C@H]5O)[C@H]5C[C@@H](O)CC[C@]5(C)[C@H]4CC[C@]3(C)[C@H]2[C@@H]1C. The first-order valence-corrected chi connectivity index (χ1v) is 23.6. The number of hydrogen-bond acceptors (Lipinski definition) is 18. The van der Waals surface area contributed by atoms with Gasteiger partial charge in [-0.3, -0.25) is 0 Å². The van der Waals surface area contributed by atoms with Gasteiger partial charge in [0.25, 0.3) is 0 Å². The minimum atomic E-state index is -1.62. The molecule has 0 amide bonds. The maximum Gasteiger partial charge on any atom is 0.186 e. The first kappa shape index (κ1) is 48.7. The second-order valence-corrected chi connectivity index (χ2v) is 21.3. The molecule has 4 aliphatic carbocycles. The molecule has 10 N–H and O–H groups in total. The molecule has 8 fully saturated rings. The van der Waals surface area contributed by atoms with Crippen LogP contribution in [0, 0.1) is 52.3 Å².